The molecule has 2 atom stereocenters. The molecule has 9 heteroatoms. The maximum absolute atomic E-state index is 14.3. The summed E-state index contributed by atoms with van der Waals surface area (Å²) in [5.74, 6) is 1.83. The Bertz CT molecular complexity index is 1310. The van der Waals surface area contributed by atoms with Gasteiger partial charge in [0, 0.05) is 42.3 Å². The number of aliphatic imine (C=N–C) groups is 1. The van der Waals surface area contributed by atoms with Crippen LogP contribution in [0.2, 0.25) is 10.0 Å². The van der Waals surface area contributed by atoms with Crippen LogP contribution in [-0.2, 0) is 0 Å². The van der Waals surface area contributed by atoms with Gasteiger partial charge in [-0.2, -0.15) is 0 Å². The van der Waals surface area contributed by atoms with E-state index >= 15 is 0 Å². The summed E-state index contributed by atoms with van der Waals surface area (Å²) in [5, 5.41) is 4.60. The molecule has 2 aliphatic rings. The summed E-state index contributed by atoms with van der Waals surface area (Å²) in [6.07, 6.45) is 0. The van der Waals surface area contributed by atoms with Gasteiger partial charge in [0.25, 0.3) is 0 Å². The molecule has 2 heterocycles. The summed E-state index contributed by atoms with van der Waals surface area (Å²) < 4.78 is 11.5. The van der Waals surface area contributed by atoms with Crippen LogP contribution in [-0.4, -0.2) is 61.6 Å². The van der Waals surface area contributed by atoms with Gasteiger partial charge in [-0.3, -0.25) is 9.89 Å². The number of hydrogen-bond acceptors (Lipinski definition) is 5. The first kappa shape index (κ1) is 26.4. The zero-order chi connectivity index (χ0) is 26.6. The van der Waals surface area contributed by atoms with Gasteiger partial charge in [-0.05, 0) is 54.4 Å². The van der Waals surface area contributed by atoms with Gasteiger partial charge < -0.3 is 19.7 Å². The number of benzene rings is 3. The van der Waals surface area contributed by atoms with Crippen LogP contribution in [0.1, 0.15) is 35.7 Å². The number of amides is 2. The smallest absolute Gasteiger partial charge is 0.326 e. The first-order chi connectivity index (χ1) is 18.5. The Morgan fingerprint density at radius 2 is 1.61 bits per heavy atom. The second-order valence-electron chi connectivity index (χ2n) is 9.13. The lowest BCUT2D eigenvalue weighted by Crippen LogP contribution is -2.53. The molecule has 3 aromatic carbocycles. The van der Waals surface area contributed by atoms with E-state index < -0.39 is 6.04 Å². The highest BCUT2D eigenvalue weighted by molar-refractivity contribution is 6.30. The van der Waals surface area contributed by atoms with E-state index in [-0.39, 0.29) is 12.1 Å². The van der Waals surface area contributed by atoms with E-state index in [1.165, 1.54) is 0 Å². The average molecular weight is 553 g/mol. The van der Waals surface area contributed by atoms with Crippen LogP contribution in [0, 0.1) is 0 Å². The van der Waals surface area contributed by atoms with Gasteiger partial charge >= 0.3 is 6.03 Å². The van der Waals surface area contributed by atoms with Gasteiger partial charge in [-0.15, -0.1) is 0 Å². The van der Waals surface area contributed by atoms with Gasteiger partial charge in [-0.25, -0.2) is 4.79 Å². The zero-order valence-corrected chi connectivity index (χ0v) is 22.9. The van der Waals surface area contributed by atoms with Crippen molar-refractivity contribution < 1.29 is 14.3 Å². The molecule has 3 aromatic rings. The molecule has 2 unspecified atom stereocenters. The maximum Gasteiger partial charge on any atom is 0.326 e. The van der Waals surface area contributed by atoms with Crippen molar-refractivity contribution >= 4 is 35.1 Å². The van der Waals surface area contributed by atoms with Crippen molar-refractivity contribution in [1.29, 1.82) is 0 Å². The predicted molar refractivity (Wildman–Crippen MR) is 151 cm³/mol. The topological polar surface area (TPSA) is 66.4 Å². The summed E-state index contributed by atoms with van der Waals surface area (Å²) in [7, 11) is 1.62. The van der Waals surface area contributed by atoms with Crippen molar-refractivity contribution in [3.8, 4) is 11.5 Å². The standard InChI is InChI=1S/C29H30Cl2N4O3/c1-3-38-25-18-23(37-2)12-13-24(25)28-33-26(19-4-8-21(30)9-5-19)27(20-6-10-22(31)11-7-20)35(28)29(36)34-16-14-32-15-17-34/h4-13,18,26-27,32H,3,14-17H2,1-2H3. The highest BCUT2D eigenvalue weighted by Gasteiger charge is 2.44. The molecular formula is C29H30Cl2N4O3. The normalized spacial score (nSPS) is 19.3. The van der Waals surface area contributed by atoms with Gasteiger partial charge in [0.2, 0.25) is 0 Å². The second kappa shape index (κ2) is 11.6. The number of urea groups is 1. The molecule has 38 heavy (non-hydrogen) atoms. The van der Waals surface area contributed by atoms with E-state index in [1.807, 2.05) is 83.5 Å². The lowest BCUT2D eigenvalue weighted by Gasteiger charge is -2.36. The minimum Gasteiger partial charge on any atom is -0.497 e. The number of amidine groups is 1. The molecular weight excluding hydrogens is 523 g/mol. The van der Waals surface area contributed by atoms with Crippen molar-refractivity contribution in [1.82, 2.24) is 15.1 Å². The van der Waals surface area contributed by atoms with Crippen molar-refractivity contribution in [2.24, 2.45) is 4.99 Å². The lowest BCUT2D eigenvalue weighted by atomic mass is 9.93. The first-order valence-electron chi connectivity index (χ1n) is 12.7. The Hall–Kier alpha value is -3.26. The van der Waals surface area contributed by atoms with E-state index in [4.69, 9.17) is 37.7 Å². The number of hydrogen-bond donors (Lipinski definition) is 1. The number of ether oxygens (including phenoxy) is 2. The molecule has 0 saturated carbocycles. The highest BCUT2D eigenvalue weighted by Crippen LogP contribution is 2.45. The molecule has 1 saturated heterocycles. The van der Waals surface area contributed by atoms with Gasteiger partial charge in [0.1, 0.15) is 23.4 Å². The number of halogens is 2. The summed E-state index contributed by atoms with van der Waals surface area (Å²) in [4.78, 5) is 23.2. The average Bonchev–Trinajstić information content (AvgIpc) is 3.34. The second-order valence-corrected chi connectivity index (χ2v) is 10.0. The van der Waals surface area contributed by atoms with Crippen molar-refractivity contribution in [2.45, 2.75) is 19.0 Å². The van der Waals surface area contributed by atoms with Gasteiger partial charge in [0.05, 0.1) is 25.3 Å². The highest BCUT2D eigenvalue weighted by atomic mass is 35.5. The number of methoxy groups -OCH3 is 1. The number of piperazine rings is 1. The van der Waals surface area contributed by atoms with Crippen LogP contribution >= 0.6 is 23.2 Å². The van der Waals surface area contributed by atoms with Crippen LogP contribution in [0.3, 0.4) is 0 Å². The van der Waals surface area contributed by atoms with Gasteiger partial charge in [0.15, 0.2) is 0 Å². The van der Waals surface area contributed by atoms with Crippen LogP contribution in [0.25, 0.3) is 0 Å². The third kappa shape index (κ3) is 5.32. The molecule has 0 bridgehead atoms. The van der Waals surface area contributed by atoms with E-state index in [0.717, 1.165) is 29.8 Å². The number of rotatable bonds is 6. The third-order valence-corrected chi connectivity index (χ3v) is 7.32. The van der Waals surface area contributed by atoms with Crippen molar-refractivity contribution in [3.05, 3.63) is 93.5 Å². The Labute approximate surface area is 233 Å². The van der Waals surface area contributed by atoms with E-state index in [2.05, 4.69) is 5.32 Å². The Morgan fingerprint density at radius 3 is 2.21 bits per heavy atom. The Morgan fingerprint density at radius 1 is 0.974 bits per heavy atom. The molecule has 2 amide bonds. The molecule has 1 fully saturated rings. The van der Waals surface area contributed by atoms with Crippen LogP contribution in [0.15, 0.2) is 71.7 Å². The van der Waals surface area contributed by atoms with E-state index in [1.54, 1.807) is 7.11 Å². The fraction of sp³-hybridized carbons (Fsp3) is 0.310. The van der Waals surface area contributed by atoms with Crippen molar-refractivity contribution in [2.75, 3.05) is 39.9 Å². The molecule has 0 radical (unpaired) electrons. The SMILES string of the molecule is CCOc1cc(OC)ccc1C1=NC(c2ccc(Cl)cc2)C(c2ccc(Cl)cc2)N1C(=O)N1CCNCC1. The molecule has 0 aliphatic carbocycles. The molecule has 2 aliphatic heterocycles. The van der Waals surface area contributed by atoms with Crippen LogP contribution in [0.4, 0.5) is 4.79 Å². The lowest BCUT2D eigenvalue weighted by molar-refractivity contribution is 0.157. The Balaban J connectivity index is 1.69. The summed E-state index contributed by atoms with van der Waals surface area (Å²) in [6, 6.07) is 20.0. The maximum atomic E-state index is 14.3. The number of nitrogens with one attached hydrogen (secondary N) is 1. The largest absolute Gasteiger partial charge is 0.497 e. The first-order valence-corrected chi connectivity index (χ1v) is 13.4. The molecule has 7 nitrogen and oxygen atoms in total. The fourth-order valence-electron chi connectivity index (χ4n) is 4.95. The molecule has 198 valence electrons. The number of carbonyl (C=O) groups is 1. The summed E-state index contributed by atoms with van der Waals surface area (Å²) in [6.45, 7) is 5.10. The zero-order valence-electron chi connectivity index (χ0n) is 21.4. The summed E-state index contributed by atoms with van der Waals surface area (Å²) in [5.41, 5.74) is 2.61. The Kier molecular flexibility index (Phi) is 8.07. The van der Waals surface area contributed by atoms with Crippen molar-refractivity contribution in [3.63, 3.8) is 0 Å². The molecule has 0 aromatic heterocycles. The minimum absolute atomic E-state index is 0.0973. The fourth-order valence-corrected chi connectivity index (χ4v) is 5.20. The summed E-state index contributed by atoms with van der Waals surface area (Å²) >= 11 is 12.5. The van der Waals surface area contributed by atoms with E-state index in [0.29, 0.717) is 47.1 Å². The third-order valence-electron chi connectivity index (χ3n) is 6.81. The molecule has 1 N–H and O–H groups in total. The minimum atomic E-state index is -0.401. The van der Waals surface area contributed by atoms with Gasteiger partial charge in [-0.1, -0.05) is 47.5 Å². The predicted octanol–water partition coefficient (Wildman–Crippen LogP) is 5.97. The monoisotopic (exact) mass is 552 g/mol. The van der Waals surface area contributed by atoms with Crippen LogP contribution in [0.5, 0.6) is 11.5 Å². The number of carbonyl (C=O) groups excluding carboxylic acids is 1. The molecule has 0 spiro atoms. The van der Waals surface area contributed by atoms with E-state index in [9.17, 15) is 4.79 Å². The van der Waals surface area contributed by atoms with Crippen LogP contribution < -0.4 is 14.8 Å². The molecule has 5 rings (SSSR count). The quantitative estimate of drug-likeness (QED) is 0.409. The number of nitrogens with zero attached hydrogens (tertiary/aromatic N) is 3.